The van der Waals surface area contributed by atoms with Gasteiger partial charge in [0.05, 0.1) is 10.6 Å². The van der Waals surface area contributed by atoms with Crippen LogP contribution in [0.15, 0.2) is 53.4 Å². The summed E-state index contributed by atoms with van der Waals surface area (Å²) in [5, 5.41) is 9.71. The first kappa shape index (κ1) is 17.5. The Morgan fingerprint density at radius 2 is 1.65 bits per heavy atom. The van der Waals surface area contributed by atoms with Crippen molar-refractivity contribution in [1.82, 2.24) is 0 Å². The second-order valence-corrected chi connectivity index (χ2v) is 8.37. The van der Waals surface area contributed by atoms with Crippen molar-refractivity contribution in [3.8, 4) is 5.75 Å². The first-order valence-electron chi connectivity index (χ1n) is 6.45. The molecule has 0 aliphatic rings. The molecule has 0 aliphatic carbocycles. The third-order valence-corrected chi connectivity index (χ3v) is 6.36. The maximum absolute atomic E-state index is 12.4. The molecule has 0 fully saturated rings. The van der Waals surface area contributed by atoms with Gasteiger partial charge in [0, 0.05) is 14.2 Å². The zero-order chi connectivity index (χ0) is 17.1. The highest BCUT2D eigenvalue weighted by molar-refractivity contribution is 7.92. The number of rotatable bonds is 6. The number of hydrogen-bond donors (Lipinski definition) is 2. The van der Waals surface area contributed by atoms with Gasteiger partial charge < -0.3 is 14.2 Å². The van der Waals surface area contributed by atoms with Crippen LogP contribution in [0.2, 0.25) is 0 Å². The molecule has 7 nitrogen and oxygen atoms in total. The smallest absolute Gasteiger partial charge is 0.364 e. The van der Waals surface area contributed by atoms with E-state index in [0.717, 1.165) is 0 Å². The monoisotopic (exact) mass is 357 g/mol. The summed E-state index contributed by atoms with van der Waals surface area (Å²) in [5.41, 5.74) is 0.121. The van der Waals surface area contributed by atoms with Gasteiger partial charge in [-0.05, 0) is 30.3 Å². The standard InChI is InChI=1S/C14H16NO6PS/c1-20-22(17,21-2)14-10-11(8-9-13(14)16)15-23(18,19)12-6-4-3-5-7-12/h3-10,15-16H,1-2H3. The van der Waals surface area contributed by atoms with Crippen molar-refractivity contribution >= 4 is 28.6 Å². The number of aromatic hydroxyl groups is 1. The van der Waals surface area contributed by atoms with E-state index in [9.17, 15) is 18.1 Å². The summed E-state index contributed by atoms with van der Waals surface area (Å²) in [5.74, 6) is -0.320. The van der Waals surface area contributed by atoms with E-state index in [0.29, 0.717) is 0 Å². The van der Waals surface area contributed by atoms with Crippen LogP contribution < -0.4 is 10.0 Å². The lowest BCUT2D eigenvalue weighted by Gasteiger charge is -2.16. The van der Waals surface area contributed by atoms with Crippen molar-refractivity contribution in [1.29, 1.82) is 0 Å². The van der Waals surface area contributed by atoms with Gasteiger partial charge in [-0.1, -0.05) is 18.2 Å². The summed E-state index contributed by atoms with van der Waals surface area (Å²) >= 11 is 0. The van der Waals surface area contributed by atoms with Crippen LogP contribution in [0.1, 0.15) is 0 Å². The zero-order valence-electron chi connectivity index (χ0n) is 12.5. The molecule has 2 aromatic carbocycles. The number of sulfonamides is 1. The molecule has 2 aromatic rings. The van der Waals surface area contributed by atoms with Gasteiger partial charge >= 0.3 is 7.60 Å². The lowest BCUT2D eigenvalue weighted by molar-refractivity contribution is 0.286. The van der Waals surface area contributed by atoms with E-state index >= 15 is 0 Å². The Labute approximate surface area is 134 Å². The molecule has 9 heteroatoms. The summed E-state index contributed by atoms with van der Waals surface area (Å²) in [7, 11) is -5.18. The molecule has 2 rings (SSSR count). The quantitative estimate of drug-likeness (QED) is 0.608. The fourth-order valence-electron chi connectivity index (χ4n) is 1.89. The van der Waals surface area contributed by atoms with E-state index in [4.69, 9.17) is 9.05 Å². The van der Waals surface area contributed by atoms with Gasteiger partial charge in [0.1, 0.15) is 11.1 Å². The van der Waals surface area contributed by atoms with E-state index in [1.165, 1.54) is 44.6 Å². The first-order chi connectivity index (χ1) is 10.8. The summed E-state index contributed by atoms with van der Waals surface area (Å²) in [6, 6.07) is 11.5. The number of phenolic OH excluding ortho intramolecular Hbond substituents is 1. The normalized spacial score (nSPS) is 12.1. The van der Waals surface area contributed by atoms with Crippen LogP contribution in [0, 0.1) is 0 Å². The van der Waals surface area contributed by atoms with Gasteiger partial charge in [-0.15, -0.1) is 0 Å². The van der Waals surface area contributed by atoms with Gasteiger partial charge in [-0.2, -0.15) is 0 Å². The van der Waals surface area contributed by atoms with Crippen LogP contribution in [-0.2, 0) is 23.6 Å². The molecule has 0 atom stereocenters. The SMILES string of the molecule is COP(=O)(OC)c1cc(NS(=O)(=O)c2ccccc2)ccc1O. The molecule has 0 aliphatic heterocycles. The summed E-state index contributed by atoms with van der Waals surface area (Å²) in [6.07, 6.45) is 0. The van der Waals surface area contributed by atoms with Crippen LogP contribution in [0.3, 0.4) is 0 Å². The molecule has 0 bridgehead atoms. The van der Waals surface area contributed by atoms with Crippen molar-refractivity contribution in [2.24, 2.45) is 0 Å². The molecular formula is C14H16NO6PS. The Balaban J connectivity index is 2.41. The minimum absolute atomic E-state index is 0.0799. The van der Waals surface area contributed by atoms with Gasteiger partial charge in [0.2, 0.25) is 0 Å². The summed E-state index contributed by atoms with van der Waals surface area (Å²) < 4.78 is 48.9. The van der Waals surface area contributed by atoms with Crippen molar-refractivity contribution in [2.75, 3.05) is 18.9 Å². The van der Waals surface area contributed by atoms with E-state index in [1.54, 1.807) is 18.2 Å². The van der Waals surface area contributed by atoms with Crippen LogP contribution in [0.25, 0.3) is 0 Å². The topological polar surface area (TPSA) is 102 Å². The Morgan fingerprint density at radius 3 is 2.22 bits per heavy atom. The van der Waals surface area contributed by atoms with Crippen LogP contribution in [-0.4, -0.2) is 27.7 Å². The first-order valence-corrected chi connectivity index (χ1v) is 9.48. The molecule has 0 saturated carbocycles. The third kappa shape index (κ3) is 3.73. The maximum Gasteiger partial charge on any atom is 0.364 e. The van der Waals surface area contributed by atoms with Crippen molar-refractivity contribution in [3.63, 3.8) is 0 Å². The van der Waals surface area contributed by atoms with E-state index in [2.05, 4.69) is 4.72 Å². The Hall–Kier alpha value is -1.86. The number of anilines is 1. The highest BCUT2D eigenvalue weighted by atomic mass is 32.2. The highest BCUT2D eigenvalue weighted by Gasteiger charge is 2.29. The van der Waals surface area contributed by atoms with E-state index < -0.39 is 17.6 Å². The lowest BCUT2D eigenvalue weighted by Crippen LogP contribution is -2.15. The van der Waals surface area contributed by atoms with Crippen LogP contribution >= 0.6 is 7.60 Å². The fourth-order valence-corrected chi connectivity index (χ4v) is 4.16. The Morgan fingerprint density at radius 1 is 1.04 bits per heavy atom. The average molecular weight is 357 g/mol. The fraction of sp³-hybridized carbons (Fsp3) is 0.143. The molecule has 0 amide bonds. The molecule has 0 radical (unpaired) electrons. The molecule has 124 valence electrons. The van der Waals surface area contributed by atoms with Gasteiger partial charge in [0.15, 0.2) is 0 Å². The molecule has 2 N–H and O–H groups in total. The highest BCUT2D eigenvalue weighted by Crippen LogP contribution is 2.48. The molecule has 0 aromatic heterocycles. The van der Waals surface area contributed by atoms with Crippen LogP contribution in [0.4, 0.5) is 5.69 Å². The molecule has 0 saturated heterocycles. The zero-order valence-corrected chi connectivity index (χ0v) is 14.2. The molecule has 0 heterocycles. The predicted octanol–water partition coefficient (Wildman–Crippen LogP) is 2.30. The van der Waals surface area contributed by atoms with Crippen molar-refractivity contribution in [3.05, 3.63) is 48.5 Å². The maximum atomic E-state index is 12.4. The second-order valence-electron chi connectivity index (χ2n) is 4.48. The molecule has 23 heavy (non-hydrogen) atoms. The Kier molecular flexibility index (Phi) is 5.11. The van der Waals surface area contributed by atoms with Crippen molar-refractivity contribution in [2.45, 2.75) is 4.90 Å². The van der Waals surface area contributed by atoms with Gasteiger partial charge in [0.25, 0.3) is 10.0 Å². The summed E-state index contributed by atoms with van der Waals surface area (Å²) in [4.78, 5) is 0.0799. The number of hydrogen-bond acceptors (Lipinski definition) is 6. The van der Waals surface area contributed by atoms with E-state index in [1.807, 2.05) is 0 Å². The van der Waals surface area contributed by atoms with E-state index in [-0.39, 0.29) is 21.6 Å². The van der Waals surface area contributed by atoms with Crippen LogP contribution in [0.5, 0.6) is 5.75 Å². The largest absolute Gasteiger partial charge is 0.507 e. The predicted molar refractivity (Wildman–Crippen MR) is 86.6 cm³/mol. The number of phenols is 1. The lowest BCUT2D eigenvalue weighted by atomic mass is 10.3. The minimum Gasteiger partial charge on any atom is -0.507 e. The van der Waals surface area contributed by atoms with Gasteiger partial charge in [-0.3, -0.25) is 9.29 Å². The summed E-state index contributed by atoms with van der Waals surface area (Å²) in [6.45, 7) is 0. The molecular weight excluding hydrogens is 341 g/mol. The van der Waals surface area contributed by atoms with Crippen molar-refractivity contribution < 1.29 is 27.1 Å². The number of nitrogens with one attached hydrogen (secondary N) is 1. The molecule has 0 unspecified atom stereocenters. The third-order valence-electron chi connectivity index (χ3n) is 3.06. The number of benzene rings is 2. The average Bonchev–Trinajstić information content (AvgIpc) is 2.56. The Bertz CT molecular complexity index is 830. The van der Waals surface area contributed by atoms with Gasteiger partial charge in [-0.25, -0.2) is 8.42 Å². The minimum atomic E-state index is -3.80. The second kappa shape index (κ2) is 6.72. The molecule has 0 spiro atoms.